The zero-order valence-electron chi connectivity index (χ0n) is 14.5. The molecule has 1 unspecified atom stereocenters. The summed E-state index contributed by atoms with van der Waals surface area (Å²) in [4.78, 5) is 23.7. The van der Waals surface area contributed by atoms with Gasteiger partial charge in [0.1, 0.15) is 6.61 Å². The van der Waals surface area contributed by atoms with Crippen LogP contribution in [-0.4, -0.2) is 35.7 Å². The first-order valence-corrected chi connectivity index (χ1v) is 8.07. The van der Waals surface area contributed by atoms with Crippen molar-refractivity contribution in [1.82, 2.24) is 0 Å². The van der Waals surface area contributed by atoms with Crippen molar-refractivity contribution in [2.24, 2.45) is 11.5 Å². The third-order valence-electron chi connectivity index (χ3n) is 4.63. The molecule has 27 heavy (non-hydrogen) atoms. The number of rotatable bonds is 6. The van der Waals surface area contributed by atoms with Crippen LogP contribution in [0.4, 0.5) is 0 Å². The Morgan fingerprint density at radius 1 is 1.00 bits per heavy atom. The van der Waals surface area contributed by atoms with Crippen LogP contribution in [0.5, 0.6) is 0 Å². The monoisotopic (exact) mass is 412 g/mol. The SMILES string of the molecule is Cl.Cl.NCCC(N)(C(=O)O)C(=O)OCC1c2ccccc2-c2ccccc21. The molecule has 0 saturated carbocycles. The minimum atomic E-state index is -2.12. The molecule has 0 fully saturated rings. The van der Waals surface area contributed by atoms with Crippen LogP contribution in [0.1, 0.15) is 23.5 Å². The van der Waals surface area contributed by atoms with Crippen molar-refractivity contribution < 1.29 is 19.4 Å². The third kappa shape index (κ3) is 4.09. The van der Waals surface area contributed by atoms with Gasteiger partial charge in [-0.1, -0.05) is 48.5 Å². The van der Waals surface area contributed by atoms with E-state index in [-0.39, 0.29) is 50.3 Å². The van der Waals surface area contributed by atoms with Gasteiger partial charge in [0.2, 0.25) is 5.54 Å². The Morgan fingerprint density at radius 2 is 1.48 bits per heavy atom. The highest BCUT2D eigenvalue weighted by atomic mass is 35.5. The lowest BCUT2D eigenvalue weighted by Crippen LogP contribution is -2.57. The number of carboxylic acids is 1. The average Bonchev–Trinajstić information content (AvgIpc) is 2.93. The number of hydrogen-bond donors (Lipinski definition) is 3. The van der Waals surface area contributed by atoms with E-state index in [1.807, 2.05) is 48.5 Å². The molecule has 8 heteroatoms. The number of benzene rings is 2. The molecular weight excluding hydrogens is 391 g/mol. The molecule has 0 spiro atoms. The highest BCUT2D eigenvalue weighted by molar-refractivity contribution is 6.03. The van der Waals surface area contributed by atoms with E-state index in [1.165, 1.54) is 0 Å². The van der Waals surface area contributed by atoms with Gasteiger partial charge < -0.3 is 21.3 Å². The molecule has 1 aliphatic rings. The van der Waals surface area contributed by atoms with Crippen molar-refractivity contribution >= 4 is 36.8 Å². The molecule has 0 aromatic heterocycles. The standard InChI is InChI=1S/C19H20N2O4.2ClH/c20-10-9-19(21,17(22)23)18(24)25-11-16-14-7-3-1-5-12(14)13-6-2-4-8-15(13)16;;/h1-8,16H,9-11,20-21H2,(H,22,23);2*1H. The van der Waals surface area contributed by atoms with Crippen molar-refractivity contribution in [2.75, 3.05) is 13.2 Å². The summed E-state index contributed by atoms with van der Waals surface area (Å²) in [7, 11) is 0. The van der Waals surface area contributed by atoms with Crippen LogP contribution in [0.3, 0.4) is 0 Å². The number of hydrogen-bond acceptors (Lipinski definition) is 5. The van der Waals surface area contributed by atoms with Gasteiger partial charge in [-0.3, -0.25) is 0 Å². The molecule has 5 N–H and O–H groups in total. The molecule has 0 heterocycles. The third-order valence-corrected chi connectivity index (χ3v) is 4.63. The fraction of sp³-hybridized carbons (Fsp3) is 0.263. The Morgan fingerprint density at radius 3 is 1.93 bits per heavy atom. The van der Waals surface area contributed by atoms with Crippen LogP contribution < -0.4 is 11.5 Å². The maximum absolute atomic E-state index is 12.3. The summed E-state index contributed by atoms with van der Waals surface area (Å²) in [5.74, 6) is -2.55. The Bertz CT molecular complexity index is 785. The quantitative estimate of drug-likeness (QED) is 0.495. The average molecular weight is 413 g/mol. The number of ether oxygens (including phenoxy) is 1. The molecule has 6 nitrogen and oxygen atoms in total. The van der Waals surface area contributed by atoms with E-state index in [1.54, 1.807) is 0 Å². The second kappa shape index (κ2) is 9.19. The van der Waals surface area contributed by atoms with Gasteiger partial charge in [0, 0.05) is 5.92 Å². The van der Waals surface area contributed by atoms with Crippen LogP contribution in [-0.2, 0) is 14.3 Å². The van der Waals surface area contributed by atoms with Crippen LogP contribution in [0.2, 0.25) is 0 Å². The molecule has 0 aliphatic heterocycles. The lowest BCUT2D eigenvalue weighted by molar-refractivity contribution is -0.161. The van der Waals surface area contributed by atoms with E-state index < -0.39 is 17.5 Å². The van der Waals surface area contributed by atoms with E-state index in [2.05, 4.69) is 0 Å². The Kier molecular flexibility index (Phi) is 7.80. The Labute approximate surface area is 169 Å². The molecule has 2 aromatic rings. The van der Waals surface area contributed by atoms with Gasteiger partial charge in [-0.05, 0) is 35.2 Å². The fourth-order valence-electron chi connectivity index (χ4n) is 3.25. The number of carbonyl (C=O) groups excluding carboxylic acids is 1. The zero-order valence-corrected chi connectivity index (χ0v) is 16.1. The number of carboxylic acid groups (broad SMARTS) is 1. The van der Waals surface area contributed by atoms with Crippen molar-refractivity contribution in [1.29, 1.82) is 0 Å². The van der Waals surface area contributed by atoms with E-state index in [4.69, 9.17) is 16.2 Å². The normalized spacial score (nSPS) is 14.0. The minimum absolute atomic E-state index is 0. The van der Waals surface area contributed by atoms with Crippen LogP contribution in [0, 0.1) is 0 Å². The Hall–Kier alpha value is -2.12. The number of aliphatic carboxylic acids is 1. The summed E-state index contributed by atoms with van der Waals surface area (Å²) in [6, 6.07) is 15.8. The molecular formula is C19H22Cl2N2O4. The molecule has 2 aromatic carbocycles. The lowest BCUT2D eigenvalue weighted by Gasteiger charge is -2.23. The van der Waals surface area contributed by atoms with Gasteiger partial charge in [0.25, 0.3) is 0 Å². The van der Waals surface area contributed by atoms with Gasteiger partial charge in [-0.2, -0.15) is 0 Å². The number of esters is 1. The summed E-state index contributed by atoms with van der Waals surface area (Å²) < 4.78 is 5.32. The van der Waals surface area contributed by atoms with Crippen molar-refractivity contribution in [3.05, 3.63) is 59.7 Å². The zero-order chi connectivity index (χ0) is 18.0. The van der Waals surface area contributed by atoms with Crippen LogP contribution >= 0.6 is 24.8 Å². The first-order valence-electron chi connectivity index (χ1n) is 8.07. The summed E-state index contributed by atoms with van der Waals surface area (Å²) in [6.07, 6.45) is -0.182. The number of fused-ring (bicyclic) bond motifs is 3. The summed E-state index contributed by atoms with van der Waals surface area (Å²) >= 11 is 0. The van der Waals surface area contributed by atoms with Gasteiger partial charge >= 0.3 is 11.9 Å². The fourth-order valence-corrected chi connectivity index (χ4v) is 3.25. The van der Waals surface area contributed by atoms with Crippen molar-refractivity contribution in [3.63, 3.8) is 0 Å². The first-order chi connectivity index (χ1) is 12.0. The second-order valence-corrected chi connectivity index (χ2v) is 6.14. The largest absolute Gasteiger partial charge is 0.479 e. The maximum Gasteiger partial charge on any atom is 0.337 e. The smallest absolute Gasteiger partial charge is 0.337 e. The minimum Gasteiger partial charge on any atom is -0.479 e. The summed E-state index contributed by atoms with van der Waals surface area (Å²) in [5, 5.41) is 9.26. The Balaban J connectivity index is 0.00000182. The molecule has 0 amide bonds. The van der Waals surface area contributed by atoms with Crippen LogP contribution in [0.25, 0.3) is 11.1 Å². The number of carbonyl (C=O) groups is 2. The van der Waals surface area contributed by atoms with E-state index >= 15 is 0 Å². The van der Waals surface area contributed by atoms with E-state index in [0.29, 0.717) is 0 Å². The molecule has 0 saturated heterocycles. The van der Waals surface area contributed by atoms with Gasteiger partial charge in [0.15, 0.2) is 0 Å². The molecule has 1 aliphatic carbocycles. The summed E-state index contributed by atoms with van der Waals surface area (Å²) in [5.41, 5.74) is 13.3. The first kappa shape index (κ1) is 22.9. The van der Waals surface area contributed by atoms with Crippen LogP contribution in [0.15, 0.2) is 48.5 Å². The predicted octanol–water partition coefficient (Wildman–Crippen LogP) is 2.32. The molecule has 0 bridgehead atoms. The lowest BCUT2D eigenvalue weighted by atomic mass is 9.96. The molecule has 3 rings (SSSR count). The van der Waals surface area contributed by atoms with Gasteiger partial charge in [-0.25, -0.2) is 9.59 Å². The molecule has 146 valence electrons. The van der Waals surface area contributed by atoms with Gasteiger partial charge in [-0.15, -0.1) is 24.8 Å². The molecule has 0 radical (unpaired) electrons. The topological polar surface area (TPSA) is 116 Å². The van der Waals surface area contributed by atoms with Gasteiger partial charge in [0.05, 0.1) is 0 Å². The van der Waals surface area contributed by atoms with E-state index in [9.17, 15) is 14.7 Å². The summed E-state index contributed by atoms with van der Waals surface area (Å²) in [6.45, 7) is 0.0106. The van der Waals surface area contributed by atoms with Crippen molar-refractivity contribution in [3.8, 4) is 11.1 Å². The highest BCUT2D eigenvalue weighted by Gasteiger charge is 2.44. The maximum atomic E-state index is 12.3. The highest BCUT2D eigenvalue weighted by Crippen LogP contribution is 2.44. The predicted molar refractivity (Wildman–Crippen MR) is 107 cm³/mol. The second-order valence-electron chi connectivity index (χ2n) is 6.14. The molecule has 1 atom stereocenters. The van der Waals surface area contributed by atoms with E-state index in [0.717, 1.165) is 22.3 Å². The number of halogens is 2. The van der Waals surface area contributed by atoms with Crippen molar-refractivity contribution in [2.45, 2.75) is 17.9 Å². The number of nitrogens with two attached hydrogens (primary N) is 2.